The van der Waals surface area contributed by atoms with Crippen LogP contribution in [0.15, 0.2) is 88.7 Å². The highest BCUT2D eigenvalue weighted by atomic mass is 32.3. The number of hydrogen-bond donors (Lipinski definition) is 1. The Kier molecular flexibility index (Phi) is 4.32. The maximum atomic E-state index is 13.0. The second kappa shape index (κ2) is 6.57. The van der Waals surface area contributed by atoms with Crippen LogP contribution < -0.4 is 4.72 Å². The maximum absolute atomic E-state index is 13.0. The fraction of sp³-hybridized carbons (Fsp3) is 0. The van der Waals surface area contributed by atoms with E-state index >= 15 is 0 Å². The molecule has 5 nitrogen and oxygen atoms in total. The molecule has 28 heavy (non-hydrogen) atoms. The summed E-state index contributed by atoms with van der Waals surface area (Å²) in [6.45, 7) is 0. The first-order valence-electron chi connectivity index (χ1n) is 8.23. The first-order chi connectivity index (χ1) is 13.2. The fourth-order valence-corrected chi connectivity index (χ4v) is 4.58. The van der Waals surface area contributed by atoms with Crippen molar-refractivity contribution >= 4 is 47.5 Å². The van der Waals surface area contributed by atoms with E-state index in [0.717, 1.165) is 45.8 Å². The van der Waals surface area contributed by atoms with Crippen molar-refractivity contribution in [2.45, 2.75) is 9.79 Å². The van der Waals surface area contributed by atoms with E-state index in [1.807, 2.05) is 42.5 Å². The molecule has 0 aliphatic carbocycles. The molecule has 142 valence electrons. The summed E-state index contributed by atoms with van der Waals surface area (Å²) in [6.07, 6.45) is 0. The zero-order valence-electron chi connectivity index (χ0n) is 14.3. The molecule has 0 amide bonds. The van der Waals surface area contributed by atoms with Gasteiger partial charge in [0.05, 0.1) is 15.5 Å². The standard InChI is InChI=1S/C20H14FNO4S2/c21-27(23,24)17-8-10-18(11-9-17)28(25,26)22-20-7-3-6-16-12-14-4-1-2-5-15(14)13-19(16)20/h1-13,22H. The minimum absolute atomic E-state index is 0.169. The van der Waals surface area contributed by atoms with Crippen LogP contribution in [0.3, 0.4) is 0 Å². The van der Waals surface area contributed by atoms with Gasteiger partial charge in [-0.1, -0.05) is 36.4 Å². The second-order valence-corrected chi connectivity index (χ2v) is 9.27. The molecule has 0 heterocycles. The number of hydrogen-bond acceptors (Lipinski definition) is 4. The van der Waals surface area contributed by atoms with E-state index in [1.54, 1.807) is 12.1 Å². The molecule has 0 saturated carbocycles. The summed E-state index contributed by atoms with van der Waals surface area (Å²) in [5.74, 6) is 0. The van der Waals surface area contributed by atoms with Crippen molar-refractivity contribution in [1.29, 1.82) is 0 Å². The van der Waals surface area contributed by atoms with Gasteiger partial charge in [0.15, 0.2) is 0 Å². The molecule has 4 aromatic rings. The van der Waals surface area contributed by atoms with Gasteiger partial charge in [-0.2, -0.15) is 8.42 Å². The van der Waals surface area contributed by atoms with Gasteiger partial charge in [0.25, 0.3) is 10.0 Å². The highest BCUT2D eigenvalue weighted by Gasteiger charge is 2.18. The highest BCUT2D eigenvalue weighted by molar-refractivity contribution is 7.92. The molecule has 0 unspecified atom stereocenters. The van der Waals surface area contributed by atoms with Gasteiger partial charge in [-0.15, -0.1) is 3.89 Å². The van der Waals surface area contributed by atoms with Gasteiger partial charge in [0.1, 0.15) is 0 Å². The number of halogens is 1. The monoisotopic (exact) mass is 415 g/mol. The molecule has 8 heteroatoms. The Balaban J connectivity index is 1.77. The summed E-state index contributed by atoms with van der Waals surface area (Å²) in [4.78, 5) is -0.763. The molecule has 4 rings (SSSR count). The number of rotatable bonds is 4. The summed E-state index contributed by atoms with van der Waals surface area (Å²) in [5.41, 5.74) is 0.394. The normalized spacial score (nSPS) is 12.3. The van der Waals surface area contributed by atoms with E-state index in [9.17, 15) is 20.7 Å². The summed E-state index contributed by atoms with van der Waals surface area (Å²) in [5, 5.41) is 3.61. The molecule has 0 saturated heterocycles. The van der Waals surface area contributed by atoms with Gasteiger partial charge in [0.2, 0.25) is 0 Å². The average molecular weight is 415 g/mol. The Hall–Kier alpha value is -2.97. The summed E-state index contributed by atoms with van der Waals surface area (Å²) < 4.78 is 62.8. The number of anilines is 1. The first kappa shape index (κ1) is 18.4. The lowest BCUT2D eigenvalue weighted by molar-refractivity contribution is 0.551. The van der Waals surface area contributed by atoms with E-state index in [2.05, 4.69) is 4.72 Å². The Morgan fingerprint density at radius 1 is 0.643 bits per heavy atom. The third-order valence-corrected chi connectivity index (χ3v) is 6.62. The summed E-state index contributed by atoms with van der Waals surface area (Å²) in [6, 6.07) is 20.9. The topological polar surface area (TPSA) is 80.3 Å². The maximum Gasteiger partial charge on any atom is 0.332 e. The van der Waals surface area contributed by atoms with E-state index in [4.69, 9.17) is 0 Å². The van der Waals surface area contributed by atoms with E-state index < -0.39 is 25.1 Å². The SMILES string of the molecule is O=S(=O)(F)c1ccc(S(=O)(=O)Nc2cccc3cc4ccccc4cc23)cc1. The van der Waals surface area contributed by atoms with Gasteiger partial charge in [0, 0.05) is 5.39 Å². The molecule has 0 aliphatic rings. The van der Waals surface area contributed by atoms with Crippen molar-refractivity contribution in [3.05, 3.63) is 78.9 Å². The zero-order valence-corrected chi connectivity index (χ0v) is 16.0. The highest BCUT2D eigenvalue weighted by Crippen LogP contribution is 2.30. The van der Waals surface area contributed by atoms with Crippen LogP contribution >= 0.6 is 0 Å². The minimum Gasteiger partial charge on any atom is -0.279 e. The fourth-order valence-electron chi connectivity index (χ4n) is 3.04. The predicted molar refractivity (Wildman–Crippen MR) is 107 cm³/mol. The molecular formula is C20H14FNO4S2. The summed E-state index contributed by atoms with van der Waals surface area (Å²) in [7, 11) is -8.88. The van der Waals surface area contributed by atoms with Gasteiger partial charge in [-0.25, -0.2) is 8.42 Å². The van der Waals surface area contributed by atoms with Crippen LogP contribution in [0.25, 0.3) is 21.5 Å². The van der Waals surface area contributed by atoms with Crippen LogP contribution in [0.2, 0.25) is 0 Å². The Bertz CT molecular complexity index is 1410. The van der Waals surface area contributed by atoms with Crippen LogP contribution in [0.4, 0.5) is 9.57 Å². The number of benzene rings is 4. The van der Waals surface area contributed by atoms with Gasteiger partial charge in [-0.05, 0) is 58.6 Å². The third kappa shape index (κ3) is 3.44. The lowest BCUT2D eigenvalue weighted by Gasteiger charge is -2.12. The lowest BCUT2D eigenvalue weighted by Crippen LogP contribution is -2.13. The van der Waals surface area contributed by atoms with Crippen LogP contribution in [0.1, 0.15) is 0 Å². The molecule has 4 aromatic carbocycles. The van der Waals surface area contributed by atoms with Crippen LogP contribution in [-0.4, -0.2) is 16.8 Å². The third-order valence-electron chi connectivity index (χ3n) is 4.41. The number of sulfonamides is 1. The molecule has 0 fully saturated rings. The van der Waals surface area contributed by atoms with Gasteiger partial charge >= 0.3 is 10.2 Å². The van der Waals surface area contributed by atoms with Crippen LogP contribution in [0.5, 0.6) is 0 Å². The molecule has 0 spiro atoms. The molecule has 0 bridgehead atoms. The lowest BCUT2D eigenvalue weighted by atomic mass is 10.0. The molecular weight excluding hydrogens is 401 g/mol. The largest absolute Gasteiger partial charge is 0.332 e. The van der Waals surface area contributed by atoms with Crippen LogP contribution in [-0.2, 0) is 20.2 Å². The van der Waals surface area contributed by atoms with Crippen molar-refractivity contribution in [2.75, 3.05) is 4.72 Å². The van der Waals surface area contributed by atoms with Crippen molar-refractivity contribution in [1.82, 2.24) is 0 Å². The zero-order chi connectivity index (χ0) is 19.9. The molecule has 0 radical (unpaired) electrons. The van der Waals surface area contributed by atoms with E-state index in [0.29, 0.717) is 5.69 Å². The Labute approximate surface area is 161 Å². The van der Waals surface area contributed by atoms with Gasteiger partial charge in [-0.3, -0.25) is 4.72 Å². The number of nitrogens with one attached hydrogen (secondary N) is 1. The molecule has 0 atom stereocenters. The quantitative estimate of drug-likeness (QED) is 0.394. The molecule has 0 aliphatic heterocycles. The smallest absolute Gasteiger partial charge is 0.279 e. The number of fused-ring (bicyclic) bond motifs is 2. The first-order valence-corrected chi connectivity index (χ1v) is 11.1. The van der Waals surface area contributed by atoms with Crippen molar-refractivity contribution in [2.24, 2.45) is 0 Å². The minimum atomic E-state index is -4.89. The Morgan fingerprint density at radius 3 is 1.86 bits per heavy atom. The average Bonchev–Trinajstić information content (AvgIpc) is 2.66. The van der Waals surface area contributed by atoms with E-state index in [1.165, 1.54) is 0 Å². The van der Waals surface area contributed by atoms with Crippen molar-refractivity contribution in [3.63, 3.8) is 0 Å². The van der Waals surface area contributed by atoms with Gasteiger partial charge < -0.3 is 0 Å². The van der Waals surface area contributed by atoms with E-state index in [-0.39, 0.29) is 4.90 Å². The molecule has 0 aromatic heterocycles. The Morgan fingerprint density at radius 2 is 1.21 bits per heavy atom. The second-order valence-electron chi connectivity index (χ2n) is 6.24. The van der Waals surface area contributed by atoms with Crippen molar-refractivity contribution < 1.29 is 20.7 Å². The van der Waals surface area contributed by atoms with Crippen molar-refractivity contribution in [3.8, 4) is 0 Å². The molecule has 1 N–H and O–H groups in total. The van der Waals surface area contributed by atoms with Crippen LogP contribution in [0, 0.1) is 0 Å². The summed E-state index contributed by atoms with van der Waals surface area (Å²) >= 11 is 0. The predicted octanol–water partition coefficient (Wildman–Crippen LogP) is 4.45.